The minimum absolute atomic E-state index is 0.0750. The molecule has 1 amide bonds. The van der Waals surface area contributed by atoms with Gasteiger partial charge >= 0.3 is 11.9 Å². The Kier molecular flexibility index (Phi) is 7.30. The maximum absolute atomic E-state index is 12.0. The summed E-state index contributed by atoms with van der Waals surface area (Å²) in [6.45, 7) is 3.46. The Balaban J connectivity index is 1.90. The van der Waals surface area contributed by atoms with Gasteiger partial charge in [-0.3, -0.25) is 4.90 Å². The zero-order chi connectivity index (χ0) is 19.3. The van der Waals surface area contributed by atoms with E-state index in [0.29, 0.717) is 32.1 Å². The fourth-order valence-corrected chi connectivity index (χ4v) is 3.05. The van der Waals surface area contributed by atoms with Crippen LogP contribution in [0.25, 0.3) is 0 Å². The van der Waals surface area contributed by atoms with Crippen LogP contribution in [0.5, 0.6) is 0 Å². The topological polar surface area (TPSA) is 112 Å². The Labute approximate surface area is 164 Å². The fourth-order valence-electron chi connectivity index (χ4n) is 2.48. The molecular formula is C13H18Cl3N5O5. The smallest absolute Gasteiger partial charge is 0.408 e. The van der Waals surface area contributed by atoms with Gasteiger partial charge in [-0.2, -0.15) is 0 Å². The number of aromatic nitrogens is 2. The van der Waals surface area contributed by atoms with E-state index in [9.17, 15) is 14.9 Å². The number of carbonyl (C=O) groups is 1. The number of alkyl halides is 3. The lowest BCUT2D eigenvalue weighted by Gasteiger charge is -2.37. The van der Waals surface area contributed by atoms with Crippen LogP contribution in [0.2, 0.25) is 0 Å². The molecule has 1 aliphatic rings. The predicted octanol–water partition coefficient (Wildman–Crippen LogP) is 1.85. The predicted molar refractivity (Wildman–Crippen MR) is 94.6 cm³/mol. The number of rotatable bonds is 6. The van der Waals surface area contributed by atoms with E-state index < -0.39 is 21.0 Å². The first-order valence-electron chi connectivity index (χ1n) is 7.68. The molecule has 0 unspecified atom stereocenters. The number of carbonyl (C=O) groups excluding carboxylic acids is 1. The molecule has 0 aliphatic carbocycles. The third-order valence-electron chi connectivity index (χ3n) is 3.74. The van der Waals surface area contributed by atoms with Gasteiger partial charge in [0.05, 0.1) is 13.2 Å². The second kappa shape index (κ2) is 9.05. The highest BCUT2D eigenvalue weighted by Gasteiger charge is 2.39. The third-order valence-corrected chi connectivity index (χ3v) is 4.36. The van der Waals surface area contributed by atoms with E-state index >= 15 is 0 Å². The lowest BCUT2D eigenvalue weighted by Crippen LogP contribution is -2.58. The molecule has 1 aromatic rings. The Hall–Kier alpha value is -1.33. The first-order chi connectivity index (χ1) is 12.2. The van der Waals surface area contributed by atoms with Crippen molar-refractivity contribution < 1.29 is 19.2 Å². The standard InChI is InChI=1S/C13H18Cl3N5O5/c1-9-17-8-10(21(23)24)20(9)4-7-26-12(22)18-11(13(14,15)16)19-2-5-25-6-3-19/h8,11H,2-7H2,1H3,(H,18,22)/t11-/m1/s1. The van der Waals surface area contributed by atoms with E-state index in [-0.39, 0.29) is 19.0 Å². The number of ether oxygens (including phenoxy) is 2. The average molecular weight is 431 g/mol. The van der Waals surface area contributed by atoms with Crippen LogP contribution in [0, 0.1) is 17.0 Å². The number of hydrogen-bond acceptors (Lipinski definition) is 7. The minimum Gasteiger partial charge on any atom is -0.445 e. The summed E-state index contributed by atoms with van der Waals surface area (Å²) in [5.41, 5.74) is 0. The minimum atomic E-state index is -1.77. The van der Waals surface area contributed by atoms with Gasteiger partial charge in [-0.05, 0) is 4.92 Å². The lowest BCUT2D eigenvalue weighted by atomic mass is 10.3. The largest absolute Gasteiger partial charge is 0.445 e. The SMILES string of the molecule is Cc1ncc([N+](=O)[O-])n1CCOC(=O)N[C@H](N1CCOCC1)C(Cl)(Cl)Cl. The molecule has 0 aromatic carbocycles. The molecule has 0 radical (unpaired) electrons. The molecule has 1 saturated heterocycles. The number of nitro groups is 1. The number of nitrogens with one attached hydrogen (secondary N) is 1. The Morgan fingerprint density at radius 3 is 2.73 bits per heavy atom. The highest BCUT2D eigenvalue weighted by Crippen LogP contribution is 2.32. The highest BCUT2D eigenvalue weighted by atomic mass is 35.6. The molecule has 0 saturated carbocycles. The van der Waals surface area contributed by atoms with Crippen molar-refractivity contribution in [3.8, 4) is 0 Å². The van der Waals surface area contributed by atoms with Gasteiger partial charge in [0.1, 0.15) is 25.5 Å². The molecule has 1 aliphatic heterocycles. The molecule has 2 heterocycles. The number of morpholine rings is 1. The van der Waals surface area contributed by atoms with Crippen molar-refractivity contribution in [1.82, 2.24) is 19.8 Å². The maximum Gasteiger partial charge on any atom is 0.408 e. The van der Waals surface area contributed by atoms with Gasteiger partial charge in [0.2, 0.25) is 3.79 Å². The number of nitrogens with zero attached hydrogens (tertiary/aromatic N) is 4. The van der Waals surface area contributed by atoms with Gasteiger partial charge in [-0.25, -0.2) is 14.3 Å². The summed E-state index contributed by atoms with van der Waals surface area (Å²) in [6, 6.07) is 0. The summed E-state index contributed by atoms with van der Waals surface area (Å²) in [5, 5.41) is 13.4. The molecule has 2 rings (SSSR count). The Morgan fingerprint density at radius 1 is 1.50 bits per heavy atom. The van der Waals surface area contributed by atoms with Gasteiger partial charge in [-0.15, -0.1) is 0 Å². The monoisotopic (exact) mass is 429 g/mol. The van der Waals surface area contributed by atoms with Gasteiger partial charge in [0.25, 0.3) is 0 Å². The molecular weight excluding hydrogens is 413 g/mol. The molecule has 26 heavy (non-hydrogen) atoms. The summed E-state index contributed by atoms with van der Waals surface area (Å²) < 4.78 is 9.87. The second-order valence-electron chi connectivity index (χ2n) is 5.45. The van der Waals surface area contributed by atoms with E-state index in [1.54, 1.807) is 11.8 Å². The zero-order valence-corrected chi connectivity index (χ0v) is 16.1. The van der Waals surface area contributed by atoms with Crippen LogP contribution in [-0.4, -0.2) is 68.3 Å². The van der Waals surface area contributed by atoms with Crippen LogP contribution in [-0.2, 0) is 16.0 Å². The molecule has 13 heteroatoms. The molecule has 10 nitrogen and oxygen atoms in total. The quantitative estimate of drug-likeness (QED) is 0.416. The number of imidazole rings is 1. The fraction of sp³-hybridized carbons (Fsp3) is 0.692. The van der Waals surface area contributed by atoms with Gasteiger partial charge < -0.3 is 24.9 Å². The van der Waals surface area contributed by atoms with E-state index in [4.69, 9.17) is 44.3 Å². The van der Waals surface area contributed by atoms with E-state index in [0.717, 1.165) is 6.20 Å². The molecule has 0 spiro atoms. The van der Waals surface area contributed by atoms with E-state index in [2.05, 4.69) is 10.3 Å². The summed E-state index contributed by atoms with van der Waals surface area (Å²) in [4.78, 5) is 28.1. The van der Waals surface area contributed by atoms with Gasteiger partial charge in [0.15, 0.2) is 5.82 Å². The third kappa shape index (κ3) is 5.58. The van der Waals surface area contributed by atoms with E-state index in [1.807, 2.05) is 0 Å². The van der Waals surface area contributed by atoms with Crippen LogP contribution in [0.4, 0.5) is 10.6 Å². The zero-order valence-electron chi connectivity index (χ0n) is 13.9. The van der Waals surface area contributed by atoms with E-state index in [1.165, 1.54) is 4.57 Å². The first kappa shape index (κ1) is 21.0. The van der Waals surface area contributed by atoms with Crippen molar-refractivity contribution in [2.75, 3.05) is 32.9 Å². The Bertz CT molecular complexity index is 645. The first-order valence-corrected chi connectivity index (χ1v) is 8.82. The maximum atomic E-state index is 12.0. The molecule has 1 aromatic heterocycles. The summed E-state index contributed by atoms with van der Waals surface area (Å²) in [7, 11) is 0. The summed E-state index contributed by atoms with van der Waals surface area (Å²) in [6.07, 6.45) is -0.548. The average Bonchev–Trinajstić information content (AvgIpc) is 2.93. The normalized spacial score (nSPS) is 16.9. The molecule has 1 N–H and O–H groups in total. The molecule has 1 fully saturated rings. The highest BCUT2D eigenvalue weighted by molar-refractivity contribution is 6.68. The van der Waals surface area contributed by atoms with Crippen molar-refractivity contribution in [2.45, 2.75) is 23.4 Å². The van der Waals surface area contributed by atoms with Crippen LogP contribution < -0.4 is 5.32 Å². The van der Waals surface area contributed by atoms with Crippen molar-refractivity contribution in [1.29, 1.82) is 0 Å². The van der Waals surface area contributed by atoms with Crippen molar-refractivity contribution in [3.05, 3.63) is 22.1 Å². The van der Waals surface area contributed by atoms with Crippen LogP contribution in [0.3, 0.4) is 0 Å². The lowest BCUT2D eigenvalue weighted by molar-refractivity contribution is -0.392. The molecule has 0 bridgehead atoms. The second-order valence-corrected chi connectivity index (χ2v) is 7.81. The summed E-state index contributed by atoms with van der Waals surface area (Å²) in [5.74, 6) is 0.257. The van der Waals surface area contributed by atoms with Crippen molar-refractivity contribution >= 4 is 46.7 Å². The molecule has 1 atom stereocenters. The van der Waals surface area contributed by atoms with Crippen LogP contribution >= 0.6 is 34.8 Å². The van der Waals surface area contributed by atoms with Crippen LogP contribution in [0.15, 0.2) is 6.20 Å². The van der Waals surface area contributed by atoms with Crippen molar-refractivity contribution in [2.24, 2.45) is 0 Å². The number of amides is 1. The number of aryl methyl sites for hydroxylation is 1. The summed E-state index contributed by atoms with van der Waals surface area (Å²) >= 11 is 17.9. The van der Waals surface area contributed by atoms with Crippen LogP contribution in [0.1, 0.15) is 5.82 Å². The number of hydrogen-bond donors (Lipinski definition) is 1. The van der Waals surface area contributed by atoms with Gasteiger partial charge in [0, 0.05) is 20.0 Å². The number of halogens is 3. The number of alkyl carbamates (subject to hydrolysis) is 1. The Morgan fingerprint density at radius 2 is 2.15 bits per heavy atom. The van der Waals surface area contributed by atoms with Gasteiger partial charge in [-0.1, -0.05) is 34.8 Å². The van der Waals surface area contributed by atoms with Crippen molar-refractivity contribution in [3.63, 3.8) is 0 Å². The molecule has 146 valence electrons.